The smallest absolute Gasteiger partial charge is 0.187 e. The van der Waals surface area contributed by atoms with Crippen LogP contribution in [0, 0.1) is 0 Å². The number of nitrogens with one attached hydrogen (secondary N) is 1. The van der Waals surface area contributed by atoms with E-state index < -0.39 is 0 Å². The van der Waals surface area contributed by atoms with Gasteiger partial charge in [-0.25, -0.2) is 9.97 Å². The molecule has 1 aliphatic rings. The van der Waals surface area contributed by atoms with Crippen molar-refractivity contribution in [3.63, 3.8) is 0 Å². The standard InChI is InChI=1S/C17H16BrClN6O/c18-15-14-16(23-22-15)20-10-21-17(14)25-6-5-24(13(8-25)9-26)7-11-1-3-12(19)4-2-11/h1-4,9-10,13H,5-8H2,(H,20,21,22,23). The Morgan fingerprint density at radius 3 is 2.85 bits per heavy atom. The Bertz CT molecular complexity index is 931. The first-order valence-corrected chi connectivity index (χ1v) is 9.36. The molecule has 3 aromatic rings. The zero-order chi connectivity index (χ0) is 18.1. The van der Waals surface area contributed by atoms with Crippen molar-refractivity contribution in [1.82, 2.24) is 25.1 Å². The topological polar surface area (TPSA) is 78.0 Å². The molecule has 1 aromatic carbocycles. The normalized spacial score (nSPS) is 18.4. The number of hydrogen-bond acceptors (Lipinski definition) is 6. The van der Waals surface area contributed by atoms with Crippen LogP contribution in [0.5, 0.6) is 0 Å². The van der Waals surface area contributed by atoms with Crippen molar-refractivity contribution >= 4 is 50.7 Å². The Kier molecular flexibility index (Phi) is 4.88. The van der Waals surface area contributed by atoms with Crippen LogP contribution >= 0.6 is 27.5 Å². The summed E-state index contributed by atoms with van der Waals surface area (Å²) in [6.07, 6.45) is 2.51. The van der Waals surface area contributed by atoms with Gasteiger partial charge in [-0.05, 0) is 33.6 Å². The van der Waals surface area contributed by atoms with Crippen LogP contribution in [0.3, 0.4) is 0 Å². The summed E-state index contributed by atoms with van der Waals surface area (Å²) in [7, 11) is 0. The third kappa shape index (κ3) is 3.32. The molecule has 7 nitrogen and oxygen atoms in total. The Morgan fingerprint density at radius 1 is 1.27 bits per heavy atom. The maximum atomic E-state index is 11.7. The molecular weight excluding hydrogens is 420 g/mol. The predicted molar refractivity (Wildman–Crippen MR) is 103 cm³/mol. The molecule has 1 aliphatic heterocycles. The van der Waals surface area contributed by atoms with E-state index >= 15 is 0 Å². The molecule has 4 rings (SSSR count). The van der Waals surface area contributed by atoms with Crippen LogP contribution in [0.1, 0.15) is 5.56 Å². The summed E-state index contributed by atoms with van der Waals surface area (Å²) in [5.41, 5.74) is 1.74. The van der Waals surface area contributed by atoms with Gasteiger partial charge in [-0.15, -0.1) is 0 Å². The third-order valence-electron chi connectivity index (χ3n) is 4.58. The number of fused-ring (bicyclic) bond motifs is 1. The molecule has 0 spiro atoms. The molecule has 0 bridgehead atoms. The van der Waals surface area contributed by atoms with Crippen molar-refractivity contribution in [2.75, 3.05) is 24.5 Å². The second-order valence-electron chi connectivity index (χ2n) is 6.18. The van der Waals surface area contributed by atoms with Crippen molar-refractivity contribution < 1.29 is 4.79 Å². The lowest BCUT2D eigenvalue weighted by Gasteiger charge is -2.39. The number of piperazine rings is 1. The number of H-pyrrole nitrogens is 1. The monoisotopic (exact) mass is 434 g/mol. The second-order valence-corrected chi connectivity index (χ2v) is 7.41. The number of benzene rings is 1. The molecule has 9 heteroatoms. The fourth-order valence-electron chi connectivity index (χ4n) is 3.24. The number of hydrogen-bond donors (Lipinski definition) is 1. The molecule has 1 fully saturated rings. The van der Waals surface area contributed by atoms with Crippen LogP contribution in [0.15, 0.2) is 35.2 Å². The molecule has 26 heavy (non-hydrogen) atoms. The molecule has 1 N–H and O–H groups in total. The summed E-state index contributed by atoms with van der Waals surface area (Å²) in [5.74, 6) is 0.786. The van der Waals surface area contributed by atoms with E-state index in [1.54, 1.807) is 0 Å². The number of anilines is 1. The van der Waals surface area contributed by atoms with Gasteiger partial charge in [0.15, 0.2) is 5.65 Å². The molecule has 1 atom stereocenters. The summed E-state index contributed by atoms with van der Waals surface area (Å²) < 4.78 is 0.745. The fraction of sp³-hybridized carbons (Fsp3) is 0.294. The van der Waals surface area contributed by atoms with Crippen LogP contribution in [-0.2, 0) is 11.3 Å². The zero-order valence-corrected chi connectivity index (χ0v) is 16.1. The first-order chi connectivity index (χ1) is 12.7. The van der Waals surface area contributed by atoms with Gasteiger partial charge in [0.25, 0.3) is 0 Å². The lowest BCUT2D eigenvalue weighted by atomic mass is 10.1. The van der Waals surface area contributed by atoms with Gasteiger partial charge in [-0.3, -0.25) is 10.00 Å². The summed E-state index contributed by atoms with van der Waals surface area (Å²) in [4.78, 5) is 24.6. The van der Waals surface area contributed by atoms with Gasteiger partial charge in [0.05, 0.1) is 11.4 Å². The van der Waals surface area contributed by atoms with Crippen LogP contribution < -0.4 is 4.90 Å². The van der Waals surface area contributed by atoms with Crippen molar-refractivity contribution in [3.05, 3.63) is 45.8 Å². The summed E-state index contributed by atoms with van der Waals surface area (Å²) in [6, 6.07) is 7.52. The lowest BCUT2D eigenvalue weighted by molar-refractivity contribution is -0.112. The number of aromatic amines is 1. The predicted octanol–water partition coefficient (Wildman–Crippen LogP) is 2.66. The maximum Gasteiger partial charge on any atom is 0.187 e. The van der Waals surface area contributed by atoms with Gasteiger partial charge in [-0.1, -0.05) is 23.7 Å². The van der Waals surface area contributed by atoms with Crippen molar-refractivity contribution in [2.45, 2.75) is 12.6 Å². The minimum absolute atomic E-state index is 0.213. The average Bonchev–Trinajstić information content (AvgIpc) is 3.05. The van der Waals surface area contributed by atoms with E-state index in [-0.39, 0.29) is 6.04 Å². The number of carbonyl (C=O) groups excluding carboxylic acids is 1. The zero-order valence-electron chi connectivity index (χ0n) is 13.8. The number of halogens is 2. The molecule has 1 unspecified atom stereocenters. The first kappa shape index (κ1) is 17.4. The Hall–Kier alpha value is -2.03. The van der Waals surface area contributed by atoms with Gasteiger partial charge in [0.2, 0.25) is 0 Å². The van der Waals surface area contributed by atoms with Crippen molar-refractivity contribution in [3.8, 4) is 0 Å². The van der Waals surface area contributed by atoms with Gasteiger partial charge in [0.1, 0.15) is 23.0 Å². The quantitative estimate of drug-likeness (QED) is 0.635. The van der Waals surface area contributed by atoms with Crippen molar-refractivity contribution in [2.24, 2.45) is 0 Å². The highest BCUT2D eigenvalue weighted by atomic mass is 79.9. The SMILES string of the molecule is O=CC1CN(c2ncnc3n[nH]c(Br)c23)CCN1Cc1ccc(Cl)cc1. The Balaban J connectivity index is 1.55. The van der Waals surface area contributed by atoms with Crippen LogP contribution in [0.25, 0.3) is 11.0 Å². The Morgan fingerprint density at radius 2 is 2.08 bits per heavy atom. The van der Waals surface area contributed by atoms with E-state index in [1.165, 1.54) is 6.33 Å². The van der Waals surface area contributed by atoms with Gasteiger partial charge >= 0.3 is 0 Å². The first-order valence-electron chi connectivity index (χ1n) is 8.19. The number of nitrogens with zero attached hydrogens (tertiary/aromatic N) is 5. The average molecular weight is 436 g/mol. The third-order valence-corrected chi connectivity index (χ3v) is 5.40. The largest absolute Gasteiger partial charge is 0.353 e. The molecular formula is C17H16BrClN6O. The number of aromatic nitrogens is 4. The summed E-state index contributed by atoms with van der Waals surface area (Å²) >= 11 is 9.41. The molecule has 1 saturated heterocycles. The van der Waals surface area contributed by atoms with E-state index in [0.717, 1.165) is 40.7 Å². The minimum Gasteiger partial charge on any atom is -0.353 e. The van der Waals surface area contributed by atoms with E-state index in [9.17, 15) is 4.79 Å². The number of rotatable bonds is 4. The van der Waals surface area contributed by atoms with Gasteiger partial charge < -0.3 is 9.69 Å². The maximum absolute atomic E-state index is 11.7. The van der Waals surface area contributed by atoms with E-state index in [4.69, 9.17) is 11.6 Å². The van der Waals surface area contributed by atoms with Crippen LogP contribution in [0.2, 0.25) is 5.02 Å². The second kappa shape index (κ2) is 7.30. The number of aldehydes is 1. The summed E-state index contributed by atoms with van der Waals surface area (Å²) in [6.45, 7) is 2.80. The molecule has 0 saturated carbocycles. The minimum atomic E-state index is -0.213. The van der Waals surface area contributed by atoms with Crippen molar-refractivity contribution in [1.29, 1.82) is 0 Å². The van der Waals surface area contributed by atoms with Crippen LogP contribution in [0.4, 0.5) is 5.82 Å². The van der Waals surface area contributed by atoms with E-state index in [0.29, 0.717) is 23.8 Å². The molecule has 2 aromatic heterocycles. The fourth-order valence-corrected chi connectivity index (χ4v) is 3.81. The molecule has 0 radical (unpaired) electrons. The van der Waals surface area contributed by atoms with E-state index in [2.05, 4.69) is 45.9 Å². The highest BCUT2D eigenvalue weighted by molar-refractivity contribution is 9.10. The highest BCUT2D eigenvalue weighted by Gasteiger charge is 2.29. The Labute approximate surface area is 163 Å². The van der Waals surface area contributed by atoms with Crippen LogP contribution in [-0.4, -0.2) is 57.0 Å². The molecule has 0 amide bonds. The van der Waals surface area contributed by atoms with Gasteiger partial charge in [0, 0.05) is 31.2 Å². The number of carbonyl (C=O) groups is 1. The highest BCUT2D eigenvalue weighted by Crippen LogP contribution is 2.29. The molecule has 3 heterocycles. The lowest BCUT2D eigenvalue weighted by Crippen LogP contribution is -2.53. The molecule has 0 aliphatic carbocycles. The summed E-state index contributed by atoms with van der Waals surface area (Å²) in [5, 5.41) is 8.57. The van der Waals surface area contributed by atoms with Gasteiger partial charge in [-0.2, -0.15) is 5.10 Å². The van der Waals surface area contributed by atoms with E-state index in [1.807, 2.05) is 24.3 Å². The molecule has 134 valence electrons.